The van der Waals surface area contributed by atoms with Gasteiger partial charge in [0.2, 0.25) is 5.91 Å². The smallest absolute Gasteiger partial charge is 0.223 e. The molecular weight excluding hydrogens is 310 g/mol. The predicted octanol–water partition coefficient (Wildman–Crippen LogP) is 2.92. The van der Waals surface area contributed by atoms with Gasteiger partial charge in [-0.05, 0) is 41.8 Å². The Hall–Kier alpha value is -1.91. The molecule has 0 bridgehead atoms. The summed E-state index contributed by atoms with van der Waals surface area (Å²) in [5.41, 5.74) is 2.36. The average Bonchev–Trinajstić information content (AvgIpc) is 2.59. The Labute approximate surface area is 142 Å². The van der Waals surface area contributed by atoms with E-state index in [9.17, 15) is 4.79 Å². The van der Waals surface area contributed by atoms with Crippen LogP contribution in [0.15, 0.2) is 48.8 Å². The number of likely N-dealkylation sites (N-methyl/N-ethyl adjacent to an activating group) is 1. The summed E-state index contributed by atoms with van der Waals surface area (Å²) in [6.07, 6.45) is 4.90. The Morgan fingerprint density at radius 2 is 1.83 bits per heavy atom. The molecule has 0 unspecified atom stereocenters. The van der Waals surface area contributed by atoms with Crippen LogP contribution in [0.25, 0.3) is 0 Å². The molecule has 0 fully saturated rings. The second kappa shape index (κ2) is 9.28. The molecule has 0 atom stereocenters. The van der Waals surface area contributed by atoms with E-state index < -0.39 is 0 Å². The first-order chi connectivity index (χ1) is 11.1. The zero-order chi connectivity index (χ0) is 16.5. The van der Waals surface area contributed by atoms with Gasteiger partial charge in [-0.3, -0.25) is 9.78 Å². The lowest BCUT2D eigenvalue weighted by Gasteiger charge is -2.17. The fraction of sp³-hybridized carbons (Fsp3) is 0.333. The number of nitrogens with zero attached hydrogens (tertiary/aromatic N) is 2. The molecule has 0 aliphatic rings. The van der Waals surface area contributed by atoms with Gasteiger partial charge in [0, 0.05) is 50.5 Å². The summed E-state index contributed by atoms with van der Waals surface area (Å²) in [4.78, 5) is 17.8. The highest BCUT2D eigenvalue weighted by molar-refractivity contribution is 6.30. The van der Waals surface area contributed by atoms with Gasteiger partial charge in [-0.2, -0.15) is 0 Å². The van der Waals surface area contributed by atoms with Gasteiger partial charge < -0.3 is 10.2 Å². The Kier molecular flexibility index (Phi) is 7.04. The van der Waals surface area contributed by atoms with Crippen molar-refractivity contribution in [3.05, 3.63) is 64.9 Å². The monoisotopic (exact) mass is 331 g/mol. The van der Waals surface area contributed by atoms with Crippen LogP contribution < -0.4 is 5.32 Å². The van der Waals surface area contributed by atoms with E-state index in [0.29, 0.717) is 13.0 Å². The molecule has 2 aromatic rings. The normalized spacial score (nSPS) is 10.5. The van der Waals surface area contributed by atoms with Crippen LogP contribution in [0, 0.1) is 0 Å². The highest BCUT2D eigenvalue weighted by Gasteiger charge is 2.08. The number of hydrogen-bond donors (Lipinski definition) is 1. The molecular formula is C18H22ClN3O. The second-order valence-electron chi connectivity index (χ2n) is 5.47. The predicted molar refractivity (Wildman–Crippen MR) is 93.4 cm³/mol. The molecule has 1 N–H and O–H groups in total. The fourth-order valence-corrected chi connectivity index (χ4v) is 2.32. The quantitative estimate of drug-likeness (QED) is 0.756. The van der Waals surface area contributed by atoms with Gasteiger partial charge in [0.25, 0.3) is 0 Å². The summed E-state index contributed by atoms with van der Waals surface area (Å²) in [7, 11) is 1.85. The molecule has 2 rings (SSSR count). The zero-order valence-electron chi connectivity index (χ0n) is 13.3. The molecule has 0 aliphatic heterocycles. The minimum Gasteiger partial charge on any atom is -0.345 e. The minimum absolute atomic E-state index is 0.155. The number of nitrogens with one attached hydrogen (secondary N) is 1. The van der Waals surface area contributed by atoms with Gasteiger partial charge in [-0.15, -0.1) is 0 Å². The lowest BCUT2D eigenvalue weighted by atomic mass is 10.2. The number of carbonyl (C=O) groups is 1. The summed E-state index contributed by atoms with van der Waals surface area (Å²) in [6.45, 7) is 2.13. The molecule has 122 valence electrons. The van der Waals surface area contributed by atoms with Crippen LogP contribution >= 0.6 is 11.6 Å². The molecule has 1 heterocycles. The lowest BCUT2D eigenvalue weighted by Crippen LogP contribution is -2.31. The number of hydrogen-bond acceptors (Lipinski definition) is 3. The van der Waals surface area contributed by atoms with E-state index in [1.807, 2.05) is 43.4 Å². The van der Waals surface area contributed by atoms with Crippen molar-refractivity contribution < 1.29 is 4.79 Å². The third-order valence-corrected chi connectivity index (χ3v) is 3.92. The van der Waals surface area contributed by atoms with E-state index >= 15 is 0 Å². The SMILES string of the molecule is CN(CCc1ccncc1)C(=O)CCNCc1ccc(Cl)cc1. The van der Waals surface area contributed by atoms with Crippen molar-refractivity contribution in [3.63, 3.8) is 0 Å². The van der Waals surface area contributed by atoms with Gasteiger partial charge in [0.15, 0.2) is 0 Å². The molecule has 0 radical (unpaired) electrons. The van der Waals surface area contributed by atoms with E-state index in [1.165, 1.54) is 5.56 Å². The largest absolute Gasteiger partial charge is 0.345 e. The van der Waals surface area contributed by atoms with Gasteiger partial charge in [0.05, 0.1) is 0 Å². The highest BCUT2D eigenvalue weighted by Crippen LogP contribution is 2.09. The summed E-state index contributed by atoms with van der Waals surface area (Å²) in [5, 5.41) is 4.02. The van der Waals surface area contributed by atoms with Crippen molar-refractivity contribution in [2.75, 3.05) is 20.1 Å². The Morgan fingerprint density at radius 1 is 1.13 bits per heavy atom. The van der Waals surface area contributed by atoms with Crippen molar-refractivity contribution in [2.45, 2.75) is 19.4 Å². The van der Waals surface area contributed by atoms with E-state index in [0.717, 1.165) is 30.1 Å². The molecule has 0 aliphatic carbocycles. The number of rotatable bonds is 8. The summed E-state index contributed by atoms with van der Waals surface area (Å²) < 4.78 is 0. The molecule has 5 heteroatoms. The molecule has 0 saturated carbocycles. The van der Waals surface area contributed by atoms with Crippen LogP contribution in [-0.4, -0.2) is 35.9 Å². The van der Waals surface area contributed by atoms with Crippen molar-refractivity contribution >= 4 is 17.5 Å². The number of pyridine rings is 1. The lowest BCUT2D eigenvalue weighted by molar-refractivity contribution is -0.129. The zero-order valence-corrected chi connectivity index (χ0v) is 14.1. The van der Waals surface area contributed by atoms with E-state index in [2.05, 4.69) is 10.3 Å². The average molecular weight is 332 g/mol. The fourth-order valence-electron chi connectivity index (χ4n) is 2.19. The van der Waals surface area contributed by atoms with Crippen LogP contribution in [0.5, 0.6) is 0 Å². The van der Waals surface area contributed by atoms with Crippen LogP contribution in [0.4, 0.5) is 0 Å². The topological polar surface area (TPSA) is 45.2 Å². The minimum atomic E-state index is 0.155. The van der Waals surface area contributed by atoms with Crippen molar-refractivity contribution in [1.82, 2.24) is 15.2 Å². The first-order valence-electron chi connectivity index (χ1n) is 7.73. The Bertz CT molecular complexity index is 601. The highest BCUT2D eigenvalue weighted by atomic mass is 35.5. The van der Waals surface area contributed by atoms with Gasteiger partial charge in [-0.1, -0.05) is 23.7 Å². The Balaban J connectivity index is 1.63. The summed E-state index contributed by atoms with van der Waals surface area (Å²) in [5.74, 6) is 0.155. The third kappa shape index (κ3) is 6.38. The van der Waals surface area contributed by atoms with E-state index in [4.69, 9.17) is 11.6 Å². The molecule has 4 nitrogen and oxygen atoms in total. The second-order valence-corrected chi connectivity index (χ2v) is 5.91. The van der Waals surface area contributed by atoms with Crippen LogP contribution in [-0.2, 0) is 17.8 Å². The number of amides is 1. The van der Waals surface area contributed by atoms with Crippen molar-refractivity contribution in [3.8, 4) is 0 Å². The molecule has 1 aromatic heterocycles. The van der Waals surface area contributed by atoms with Crippen LogP contribution in [0.3, 0.4) is 0 Å². The van der Waals surface area contributed by atoms with E-state index in [-0.39, 0.29) is 5.91 Å². The Morgan fingerprint density at radius 3 is 2.52 bits per heavy atom. The molecule has 1 aromatic carbocycles. The molecule has 1 amide bonds. The van der Waals surface area contributed by atoms with Gasteiger partial charge in [-0.25, -0.2) is 0 Å². The first kappa shape index (κ1) is 17.4. The maximum Gasteiger partial charge on any atom is 0.223 e. The number of benzene rings is 1. The summed E-state index contributed by atoms with van der Waals surface area (Å²) in [6, 6.07) is 11.7. The number of carbonyl (C=O) groups excluding carboxylic acids is 1. The maximum atomic E-state index is 12.1. The maximum absolute atomic E-state index is 12.1. The standard InChI is InChI=1S/C18H22ClN3O/c1-22(13-9-15-6-10-20-11-7-15)18(23)8-12-21-14-16-2-4-17(19)5-3-16/h2-7,10-11,21H,8-9,12-14H2,1H3. The van der Waals surface area contributed by atoms with Crippen LogP contribution in [0.1, 0.15) is 17.5 Å². The first-order valence-corrected chi connectivity index (χ1v) is 8.11. The number of aromatic nitrogens is 1. The third-order valence-electron chi connectivity index (χ3n) is 3.67. The molecule has 0 saturated heterocycles. The number of halogens is 1. The van der Waals surface area contributed by atoms with E-state index in [1.54, 1.807) is 17.3 Å². The van der Waals surface area contributed by atoms with Gasteiger partial charge >= 0.3 is 0 Å². The summed E-state index contributed by atoms with van der Waals surface area (Å²) >= 11 is 5.85. The molecule has 0 spiro atoms. The van der Waals surface area contributed by atoms with Crippen LogP contribution in [0.2, 0.25) is 5.02 Å². The van der Waals surface area contributed by atoms with Crippen molar-refractivity contribution in [1.29, 1.82) is 0 Å². The van der Waals surface area contributed by atoms with Crippen molar-refractivity contribution in [2.24, 2.45) is 0 Å². The van der Waals surface area contributed by atoms with Gasteiger partial charge in [0.1, 0.15) is 0 Å². The molecule has 23 heavy (non-hydrogen) atoms.